The third-order valence-corrected chi connectivity index (χ3v) is 4.36. The average molecular weight is 319 g/mol. The molecule has 0 radical (unpaired) electrons. The number of hydrogen-bond donors (Lipinski definition) is 0. The zero-order valence-electron chi connectivity index (χ0n) is 14.4. The smallest absolute Gasteiger partial charge is 0.236 e. The number of likely N-dealkylation sites (N-methyl/N-ethyl adjacent to an activating group) is 1. The Balaban J connectivity index is 1.63. The van der Waals surface area contributed by atoms with Crippen molar-refractivity contribution < 1.29 is 9.53 Å². The number of hydrogen-bond acceptors (Lipinski definition) is 4. The molecule has 128 valence electrons. The van der Waals surface area contributed by atoms with Crippen LogP contribution in [-0.2, 0) is 4.79 Å². The molecule has 0 saturated carbocycles. The average Bonchev–Trinajstić information content (AvgIpc) is 2.58. The van der Waals surface area contributed by atoms with Crippen molar-refractivity contribution in [3.63, 3.8) is 0 Å². The van der Waals surface area contributed by atoms with E-state index in [1.54, 1.807) is 0 Å². The Morgan fingerprint density at radius 3 is 2.26 bits per heavy atom. The first kappa shape index (κ1) is 17.8. The molecule has 0 N–H and O–H groups in total. The van der Waals surface area contributed by atoms with E-state index in [1.807, 2.05) is 49.1 Å². The number of amides is 1. The minimum Gasteiger partial charge on any atom is -0.492 e. The van der Waals surface area contributed by atoms with Gasteiger partial charge in [0.1, 0.15) is 12.4 Å². The normalized spacial score (nSPS) is 16.3. The van der Waals surface area contributed by atoms with E-state index in [4.69, 9.17) is 4.74 Å². The Morgan fingerprint density at radius 1 is 1.04 bits per heavy atom. The Morgan fingerprint density at radius 2 is 1.65 bits per heavy atom. The molecule has 5 heteroatoms. The van der Waals surface area contributed by atoms with Crippen molar-refractivity contribution in [2.45, 2.75) is 13.8 Å². The monoisotopic (exact) mass is 319 g/mol. The lowest BCUT2D eigenvalue weighted by Gasteiger charge is -2.35. The number of carbonyl (C=O) groups is 1. The van der Waals surface area contributed by atoms with Crippen LogP contribution in [0.2, 0.25) is 0 Å². The van der Waals surface area contributed by atoms with Gasteiger partial charge in [-0.2, -0.15) is 0 Å². The third kappa shape index (κ3) is 5.84. The molecule has 1 aromatic rings. The predicted octanol–water partition coefficient (Wildman–Crippen LogP) is 1.55. The van der Waals surface area contributed by atoms with Crippen LogP contribution in [0.1, 0.15) is 13.8 Å². The van der Waals surface area contributed by atoms with Gasteiger partial charge in [-0.15, -0.1) is 0 Å². The summed E-state index contributed by atoms with van der Waals surface area (Å²) in [6, 6.07) is 9.93. The lowest BCUT2D eigenvalue weighted by atomic mass is 10.3. The molecule has 2 rings (SSSR count). The van der Waals surface area contributed by atoms with Gasteiger partial charge in [0.15, 0.2) is 0 Å². The molecular weight excluding hydrogens is 290 g/mol. The SMILES string of the molecule is CCN(CC)C(=O)CN1CCN(CCOc2ccccc2)CC1. The van der Waals surface area contributed by atoms with Crippen LogP contribution in [0.25, 0.3) is 0 Å². The van der Waals surface area contributed by atoms with Crippen LogP contribution in [0.4, 0.5) is 0 Å². The topological polar surface area (TPSA) is 36.0 Å². The number of para-hydroxylation sites is 1. The number of ether oxygens (including phenoxy) is 1. The Hall–Kier alpha value is -1.59. The minimum atomic E-state index is 0.246. The molecule has 0 aromatic heterocycles. The van der Waals surface area contributed by atoms with E-state index in [2.05, 4.69) is 9.80 Å². The van der Waals surface area contributed by atoms with Gasteiger partial charge >= 0.3 is 0 Å². The molecule has 1 aliphatic heterocycles. The van der Waals surface area contributed by atoms with Crippen LogP contribution in [-0.4, -0.2) is 79.6 Å². The lowest BCUT2D eigenvalue weighted by Crippen LogP contribution is -2.50. The van der Waals surface area contributed by atoms with E-state index in [0.29, 0.717) is 13.2 Å². The fraction of sp³-hybridized carbons (Fsp3) is 0.611. The quantitative estimate of drug-likeness (QED) is 0.728. The highest BCUT2D eigenvalue weighted by atomic mass is 16.5. The number of benzene rings is 1. The van der Waals surface area contributed by atoms with Crippen LogP contribution >= 0.6 is 0 Å². The zero-order chi connectivity index (χ0) is 16.5. The molecule has 23 heavy (non-hydrogen) atoms. The highest BCUT2D eigenvalue weighted by Crippen LogP contribution is 2.08. The molecule has 0 unspecified atom stereocenters. The van der Waals surface area contributed by atoms with Crippen molar-refractivity contribution in [2.75, 3.05) is 59.0 Å². The molecule has 1 saturated heterocycles. The summed E-state index contributed by atoms with van der Waals surface area (Å²) >= 11 is 0. The van der Waals surface area contributed by atoms with Gasteiger partial charge in [0.2, 0.25) is 5.91 Å². The fourth-order valence-corrected chi connectivity index (χ4v) is 2.85. The Labute approximate surface area is 139 Å². The van der Waals surface area contributed by atoms with Gasteiger partial charge in [0, 0.05) is 45.8 Å². The van der Waals surface area contributed by atoms with Gasteiger partial charge in [-0.1, -0.05) is 18.2 Å². The molecular formula is C18H29N3O2. The molecule has 1 heterocycles. The van der Waals surface area contributed by atoms with Gasteiger partial charge in [-0.05, 0) is 26.0 Å². The summed E-state index contributed by atoms with van der Waals surface area (Å²) in [4.78, 5) is 18.7. The van der Waals surface area contributed by atoms with Crippen molar-refractivity contribution >= 4 is 5.91 Å². The maximum atomic E-state index is 12.1. The van der Waals surface area contributed by atoms with E-state index in [1.165, 1.54) is 0 Å². The van der Waals surface area contributed by atoms with Crippen LogP contribution < -0.4 is 4.74 Å². The highest BCUT2D eigenvalue weighted by molar-refractivity contribution is 5.78. The summed E-state index contributed by atoms with van der Waals surface area (Å²) in [5, 5.41) is 0. The standard InChI is InChI=1S/C18H29N3O2/c1-3-21(4-2)18(22)16-20-12-10-19(11-13-20)14-15-23-17-8-6-5-7-9-17/h5-9H,3-4,10-16H2,1-2H3. The van der Waals surface area contributed by atoms with Crippen LogP contribution in [0.5, 0.6) is 5.75 Å². The number of carbonyl (C=O) groups excluding carboxylic acids is 1. The van der Waals surface area contributed by atoms with Crippen LogP contribution in [0.3, 0.4) is 0 Å². The van der Waals surface area contributed by atoms with E-state index in [9.17, 15) is 4.79 Å². The van der Waals surface area contributed by atoms with Crippen molar-refractivity contribution in [3.05, 3.63) is 30.3 Å². The second-order valence-electron chi connectivity index (χ2n) is 5.85. The number of piperazine rings is 1. The molecule has 1 fully saturated rings. The van der Waals surface area contributed by atoms with Gasteiger partial charge in [-0.25, -0.2) is 0 Å². The minimum absolute atomic E-state index is 0.246. The second kappa shape index (κ2) is 9.53. The molecule has 1 amide bonds. The molecule has 0 aliphatic carbocycles. The maximum absolute atomic E-state index is 12.1. The summed E-state index contributed by atoms with van der Waals surface area (Å²) < 4.78 is 5.74. The number of rotatable bonds is 8. The summed E-state index contributed by atoms with van der Waals surface area (Å²) in [7, 11) is 0. The van der Waals surface area contributed by atoms with E-state index >= 15 is 0 Å². The molecule has 5 nitrogen and oxygen atoms in total. The van der Waals surface area contributed by atoms with Gasteiger partial charge in [0.05, 0.1) is 6.54 Å². The van der Waals surface area contributed by atoms with Crippen molar-refractivity contribution in [2.24, 2.45) is 0 Å². The van der Waals surface area contributed by atoms with Crippen LogP contribution in [0, 0.1) is 0 Å². The molecule has 1 aromatic carbocycles. The first-order valence-electron chi connectivity index (χ1n) is 8.63. The molecule has 1 aliphatic rings. The Bertz CT molecular complexity index is 455. The van der Waals surface area contributed by atoms with Crippen LogP contribution in [0.15, 0.2) is 30.3 Å². The van der Waals surface area contributed by atoms with E-state index in [-0.39, 0.29) is 5.91 Å². The van der Waals surface area contributed by atoms with E-state index in [0.717, 1.165) is 51.6 Å². The zero-order valence-corrected chi connectivity index (χ0v) is 14.4. The number of nitrogens with zero attached hydrogens (tertiary/aromatic N) is 3. The van der Waals surface area contributed by atoms with Gasteiger partial charge in [0.25, 0.3) is 0 Å². The van der Waals surface area contributed by atoms with Crippen molar-refractivity contribution in [3.8, 4) is 5.75 Å². The van der Waals surface area contributed by atoms with Crippen molar-refractivity contribution in [1.82, 2.24) is 14.7 Å². The van der Waals surface area contributed by atoms with E-state index < -0.39 is 0 Å². The Kier molecular flexibility index (Phi) is 7.36. The van der Waals surface area contributed by atoms with Gasteiger partial charge < -0.3 is 9.64 Å². The maximum Gasteiger partial charge on any atom is 0.236 e. The first-order valence-corrected chi connectivity index (χ1v) is 8.63. The molecule has 0 atom stereocenters. The van der Waals surface area contributed by atoms with Crippen molar-refractivity contribution in [1.29, 1.82) is 0 Å². The predicted molar refractivity (Wildman–Crippen MR) is 92.7 cm³/mol. The third-order valence-electron chi connectivity index (χ3n) is 4.36. The fourth-order valence-electron chi connectivity index (χ4n) is 2.85. The van der Waals surface area contributed by atoms with Gasteiger partial charge in [-0.3, -0.25) is 14.6 Å². The molecule has 0 spiro atoms. The summed E-state index contributed by atoms with van der Waals surface area (Å²) in [6.07, 6.45) is 0. The summed E-state index contributed by atoms with van der Waals surface area (Å²) in [6.45, 7) is 11.8. The first-order chi connectivity index (χ1) is 11.2. The highest BCUT2D eigenvalue weighted by Gasteiger charge is 2.20. The summed E-state index contributed by atoms with van der Waals surface area (Å²) in [5.41, 5.74) is 0. The largest absolute Gasteiger partial charge is 0.492 e. The second-order valence-corrected chi connectivity index (χ2v) is 5.85. The lowest BCUT2D eigenvalue weighted by molar-refractivity contribution is -0.132. The molecule has 0 bridgehead atoms. The summed E-state index contributed by atoms with van der Waals surface area (Å²) in [5.74, 6) is 1.17.